The fourth-order valence-electron chi connectivity index (χ4n) is 3.00. The minimum atomic E-state index is -0.760. The summed E-state index contributed by atoms with van der Waals surface area (Å²) in [7, 11) is 0. The smallest absolute Gasteiger partial charge is 0.317 e. The molecule has 0 radical (unpaired) electrons. The van der Waals surface area contributed by atoms with Crippen LogP contribution in [0.2, 0.25) is 0 Å². The van der Waals surface area contributed by atoms with E-state index >= 15 is 0 Å². The van der Waals surface area contributed by atoms with Crippen LogP contribution in [0.5, 0.6) is 0 Å². The summed E-state index contributed by atoms with van der Waals surface area (Å²) in [4.78, 5) is 25.5. The zero-order valence-electron chi connectivity index (χ0n) is 11.9. The second kappa shape index (κ2) is 7.20. The first kappa shape index (κ1) is 15.5. The van der Waals surface area contributed by atoms with Gasteiger partial charge in [0.1, 0.15) is 0 Å². The van der Waals surface area contributed by atoms with Crippen molar-refractivity contribution in [2.24, 2.45) is 5.41 Å². The van der Waals surface area contributed by atoms with Crippen LogP contribution >= 0.6 is 11.8 Å². The summed E-state index contributed by atoms with van der Waals surface area (Å²) in [5.74, 6) is 1.31. The first-order valence-electron chi connectivity index (χ1n) is 7.48. The Kier molecular flexibility index (Phi) is 5.57. The van der Waals surface area contributed by atoms with Crippen molar-refractivity contribution in [1.29, 1.82) is 0 Å². The van der Waals surface area contributed by atoms with Gasteiger partial charge in [0.15, 0.2) is 0 Å². The van der Waals surface area contributed by atoms with Gasteiger partial charge in [-0.25, -0.2) is 4.79 Å². The largest absolute Gasteiger partial charge is 0.481 e. The molecule has 2 rings (SSSR count). The molecule has 0 unspecified atom stereocenters. The first-order chi connectivity index (χ1) is 9.64. The van der Waals surface area contributed by atoms with Crippen molar-refractivity contribution in [3.05, 3.63) is 0 Å². The lowest BCUT2D eigenvalue weighted by Crippen LogP contribution is -2.48. The number of amides is 2. The fraction of sp³-hybridized carbons (Fsp3) is 0.857. The zero-order valence-corrected chi connectivity index (χ0v) is 12.7. The first-order valence-corrected chi connectivity index (χ1v) is 8.63. The number of rotatable bonds is 3. The minimum Gasteiger partial charge on any atom is -0.481 e. The van der Waals surface area contributed by atoms with Crippen LogP contribution in [0.1, 0.15) is 38.5 Å². The lowest BCUT2D eigenvalue weighted by molar-refractivity contribution is -0.150. The topological polar surface area (TPSA) is 69.6 Å². The quantitative estimate of drug-likeness (QED) is 0.838. The Labute approximate surface area is 124 Å². The van der Waals surface area contributed by atoms with Gasteiger partial charge in [0.05, 0.1) is 5.41 Å². The third-order valence-electron chi connectivity index (χ3n) is 4.35. The summed E-state index contributed by atoms with van der Waals surface area (Å²) in [6.07, 6.45) is 5.37. The van der Waals surface area contributed by atoms with Gasteiger partial charge >= 0.3 is 12.0 Å². The molecule has 1 saturated heterocycles. The van der Waals surface area contributed by atoms with Crippen LogP contribution in [-0.4, -0.2) is 53.1 Å². The van der Waals surface area contributed by atoms with E-state index in [0.717, 1.165) is 50.3 Å². The summed E-state index contributed by atoms with van der Waals surface area (Å²) in [5.41, 5.74) is -0.742. The highest BCUT2D eigenvalue weighted by molar-refractivity contribution is 7.99. The number of aliphatic carboxylic acids is 1. The lowest BCUT2D eigenvalue weighted by atomic mass is 9.74. The summed E-state index contributed by atoms with van der Waals surface area (Å²) in [5, 5.41) is 12.4. The van der Waals surface area contributed by atoms with Crippen LogP contribution in [0.3, 0.4) is 0 Å². The monoisotopic (exact) mass is 300 g/mol. The third kappa shape index (κ3) is 3.81. The van der Waals surface area contributed by atoms with Crippen molar-refractivity contribution in [2.45, 2.75) is 38.5 Å². The molecule has 1 aliphatic heterocycles. The molecule has 6 heteroatoms. The van der Waals surface area contributed by atoms with E-state index in [1.54, 1.807) is 0 Å². The van der Waals surface area contributed by atoms with E-state index in [4.69, 9.17) is 0 Å². The Bertz CT molecular complexity index is 348. The van der Waals surface area contributed by atoms with Crippen molar-refractivity contribution >= 4 is 23.8 Å². The Hall–Kier alpha value is -0.910. The van der Waals surface area contributed by atoms with E-state index in [0.29, 0.717) is 12.8 Å². The van der Waals surface area contributed by atoms with Crippen molar-refractivity contribution < 1.29 is 14.7 Å². The second-order valence-electron chi connectivity index (χ2n) is 5.76. The number of carboxylic acids is 1. The molecule has 0 spiro atoms. The lowest BCUT2D eigenvalue weighted by Gasteiger charge is -2.34. The van der Waals surface area contributed by atoms with E-state index in [2.05, 4.69) is 5.32 Å². The molecule has 1 saturated carbocycles. The van der Waals surface area contributed by atoms with Gasteiger partial charge in [-0.15, -0.1) is 0 Å². The van der Waals surface area contributed by atoms with Gasteiger partial charge in [-0.05, 0) is 25.0 Å². The number of nitrogens with zero attached hydrogens (tertiary/aromatic N) is 1. The number of carbonyl (C=O) groups excluding carboxylic acids is 1. The predicted octanol–water partition coefficient (Wildman–Crippen LogP) is 2.17. The maximum atomic E-state index is 12.2. The number of hydrogen-bond donors (Lipinski definition) is 2. The van der Waals surface area contributed by atoms with E-state index in [1.807, 2.05) is 16.7 Å². The summed E-state index contributed by atoms with van der Waals surface area (Å²) in [6, 6.07) is -0.0984. The van der Waals surface area contributed by atoms with E-state index in [-0.39, 0.29) is 12.6 Å². The van der Waals surface area contributed by atoms with Crippen LogP contribution in [0.15, 0.2) is 0 Å². The molecule has 0 aromatic rings. The van der Waals surface area contributed by atoms with Crippen LogP contribution in [-0.2, 0) is 4.79 Å². The highest BCUT2D eigenvalue weighted by Gasteiger charge is 2.40. The molecule has 1 heterocycles. The normalized spacial score (nSPS) is 22.9. The zero-order chi connectivity index (χ0) is 14.4. The van der Waals surface area contributed by atoms with E-state index in [9.17, 15) is 14.7 Å². The number of urea groups is 1. The maximum Gasteiger partial charge on any atom is 0.317 e. The van der Waals surface area contributed by atoms with E-state index in [1.165, 1.54) is 0 Å². The summed E-state index contributed by atoms with van der Waals surface area (Å²) >= 11 is 1.87. The molecule has 114 valence electrons. The maximum absolute atomic E-state index is 12.2. The number of carbonyl (C=O) groups is 2. The van der Waals surface area contributed by atoms with Gasteiger partial charge < -0.3 is 15.3 Å². The van der Waals surface area contributed by atoms with Gasteiger partial charge in [0.2, 0.25) is 0 Å². The van der Waals surface area contributed by atoms with Crippen LogP contribution < -0.4 is 5.32 Å². The third-order valence-corrected chi connectivity index (χ3v) is 5.40. The number of thioether (sulfide) groups is 1. The van der Waals surface area contributed by atoms with Gasteiger partial charge in [0, 0.05) is 25.4 Å². The SMILES string of the molecule is O=C(NCC1(C(=O)O)CCCCC1)N1CCCSCC1. The average Bonchev–Trinajstić information content (AvgIpc) is 2.74. The van der Waals surface area contributed by atoms with Gasteiger partial charge in [-0.1, -0.05) is 19.3 Å². The Morgan fingerprint density at radius 2 is 1.85 bits per heavy atom. The Morgan fingerprint density at radius 1 is 1.10 bits per heavy atom. The highest BCUT2D eigenvalue weighted by Crippen LogP contribution is 2.36. The van der Waals surface area contributed by atoms with E-state index < -0.39 is 11.4 Å². The van der Waals surface area contributed by atoms with Crippen molar-refractivity contribution in [2.75, 3.05) is 31.1 Å². The highest BCUT2D eigenvalue weighted by atomic mass is 32.2. The molecule has 1 aliphatic carbocycles. The molecule has 2 aliphatic rings. The molecule has 2 amide bonds. The molecule has 0 atom stereocenters. The van der Waals surface area contributed by atoms with Gasteiger partial charge in [0.25, 0.3) is 0 Å². The van der Waals surface area contributed by atoms with Crippen molar-refractivity contribution in [3.63, 3.8) is 0 Å². The molecule has 5 nitrogen and oxygen atoms in total. The molecule has 0 bridgehead atoms. The minimum absolute atomic E-state index is 0.0984. The number of carboxylic acid groups (broad SMARTS) is 1. The Morgan fingerprint density at radius 3 is 2.55 bits per heavy atom. The van der Waals surface area contributed by atoms with Crippen LogP contribution in [0.25, 0.3) is 0 Å². The van der Waals surface area contributed by atoms with Gasteiger partial charge in [-0.3, -0.25) is 4.79 Å². The number of nitrogens with one attached hydrogen (secondary N) is 1. The van der Waals surface area contributed by atoms with Crippen molar-refractivity contribution in [3.8, 4) is 0 Å². The van der Waals surface area contributed by atoms with Crippen molar-refractivity contribution in [1.82, 2.24) is 10.2 Å². The predicted molar refractivity (Wildman–Crippen MR) is 80.1 cm³/mol. The standard InChI is InChI=1S/C14H24N2O3S/c17-12(18)14(5-2-1-3-6-14)11-15-13(19)16-7-4-9-20-10-8-16/h1-11H2,(H,15,19)(H,17,18). The second-order valence-corrected chi connectivity index (χ2v) is 6.98. The summed E-state index contributed by atoms with van der Waals surface area (Å²) < 4.78 is 0. The average molecular weight is 300 g/mol. The summed E-state index contributed by atoms with van der Waals surface area (Å²) in [6.45, 7) is 1.81. The van der Waals surface area contributed by atoms with Crippen LogP contribution in [0, 0.1) is 5.41 Å². The molecule has 0 aromatic carbocycles. The van der Waals surface area contributed by atoms with Crippen LogP contribution in [0.4, 0.5) is 4.79 Å². The molecule has 2 fully saturated rings. The molecule has 20 heavy (non-hydrogen) atoms. The Balaban J connectivity index is 1.88. The molecule has 2 N–H and O–H groups in total. The molecule has 0 aromatic heterocycles. The van der Waals surface area contributed by atoms with Gasteiger partial charge in [-0.2, -0.15) is 11.8 Å². The number of hydrogen-bond acceptors (Lipinski definition) is 3. The molecular weight excluding hydrogens is 276 g/mol. The fourth-order valence-corrected chi connectivity index (χ4v) is 3.89. The molecular formula is C14H24N2O3S.